The molecule has 1 amide bonds. The number of fused-ring (bicyclic) bond motifs is 1. The van der Waals surface area contributed by atoms with Crippen LogP contribution < -0.4 is 5.73 Å². The van der Waals surface area contributed by atoms with E-state index in [1.54, 1.807) is 6.07 Å². The van der Waals surface area contributed by atoms with Gasteiger partial charge >= 0.3 is 0 Å². The van der Waals surface area contributed by atoms with Crippen LogP contribution in [0.3, 0.4) is 0 Å². The molecule has 0 spiro atoms. The zero-order valence-electron chi connectivity index (χ0n) is 12.4. The van der Waals surface area contributed by atoms with E-state index >= 15 is 0 Å². The van der Waals surface area contributed by atoms with Crippen LogP contribution in [0.1, 0.15) is 36.5 Å². The van der Waals surface area contributed by atoms with E-state index in [-0.39, 0.29) is 11.9 Å². The number of nitrogen functional groups attached to an aromatic ring is 1. The number of nitrogens with two attached hydrogens (primary N) is 1. The standard InChI is InChI=1S/C16H22BrN3O/c1-11-9-19-7-3-2-4-13(19)10-20(11)16(21)14-8-12(18)5-6-15(14)17/h5-6,8,11,13H,2-4,7,9-10,18H2,1H3. The maximum Gasteiger partial charge on any atom is 0.255 e. The summed E-state index contributed by atoms with van der Waals surface area (Å²) in [4.78, 5) is 17.4. The highest BCUT2D eigenvalue weighted by Gasteiger charge is 2.35. The normalized spacial score (nSPS) is 26.5. The molecule has 4 nitrogen and oxygen atoms in total. The SMILES string of the molecule is CC1CN2CCCCC2CN1C(=O)c1cc(N)ccc1Br. The Hall–Kier alpha value is -1.07. The van der Waals surface area contributed by atoms with Gasteiger partial charge in [-0.3, -0.25) is 9.69 Å². The summed E-state index contributed by atoms with van der Waals surface area (Å²) >= 11 is 3.47. The number of piperazine rings is 1. The van der Waals surface area contributed by atoms with Crippen LogP contribution >= 0.6 is 15.9 Å². The number of carbonyl (C=O) groups is 1. The quantitative estimate of drug-likeness (QED) is 0.791. The highest BCUT2D eigenvalue weighted by atomic mass is 79.9. The Bertz CT molecular complexity index is 548. The molecule has 2 fully saturated rings. The first-order valence-electron chi connectivity index (χ1n) is 7.66. The molecule has 0 aromatic heterocycles. The van der Waals surface area contributed by atoms with Gasteiger partial charge in [-0.1, -0.05) is 6.42 Å². The first-order valence-corrected chi connectivity index (χ1v) is 8.45. The Balaban J connectivity index is 1.82. The third kappa shape index (κ3) is 2.94. The van der Waals surface area contributed by atoms with Crippen molar-refractivity contribution < 1.29 is 4.79 Å². The van der Waals surface area contributed by atoms with Crippen molar-refractivity contribution in [3.63, 3.8) is 0 Å². The van der Waals surface area contributed by atoms with Crippen molar-refractivity contribution in [1.29, 1.82) is 0 Å². The summed E-state index contributed by atoms with van der Waals surface area (Å²) in [6, 6.07) is 6.21. The second-order valence-electron chi connectivity index (χ2n) is 6.19. The number of carbonyl (C=O) groups excluding carboxylic acids is 1. The van der Waals surface area contributed by atoms with Gasteiger partial charge in [-0.25, -0.2) is 0 Å². The molecule has 0 radical (unpaired) electrons. The lowest BCUT2D eigenvalue weighted by atomic mass is 9.96. The molecule has 2 N–H and O–H groups in total. The van der Waals surface area contributed by atoms with Gasteiger partial charge in [-0.2, -0.15) is 0 Å². The van der Waals surface area contributed by atoms with Crippen LogP contribution in [0.2, 0.25) is 0 Å². The van der Waals surface area contributed by atoms with Gasteiger partial charge in [0.15, 0.2) is 0 Å². The van der Waals surface area contributed by atoms with Crippen LogP contribution in [-0.2, 0) is 0 Å². The van der Waals surface area contributed by atoms with Gasteiger partial charge < -0.3 is 10.6 Å². The van der Waals surface area contributed by atoms with Crippen molar-refractivity contribution in [1.82, 2.24) is 9.80 Å². The molecule has 3 rings (SSSR count). The van der Waals surface area contributed by atoms with Gasteiger partial charge in [0.1, 0.15) is 0 Å². The predicted octanol–water partition coefficient (Wildman–Crippen LogP) is 2.73. The third-order valence-corrected chi connectivity index (χ3v) is 5.36. The number of anilines is 1. The first-order chi connectivity index (χ1) is 10.1. The van der Waals surface area contributed by atoms with Crippen LogP contribution in [-0.4, -0.2) is 47.4 Å². The molecular weight excluding hydrogens is 330 g/mol. The Labute approximate surface area is 134 Å². The molecule has 2 unspecified atom stereocenters. The van der Waals surface area contributed by atoms with Gasteiger partial charge in [0, 0.05) is 35.3 Å². The minimum Gasteiger partial charge on any atom is -0.399 e. The van der Waals surface area contributed by atoms with Crippen molar-refractivity contribution in [2.75, 3.05) is 25.4 Å². The van der Waals surface area contributed by atoms with E-state index in [1.807, 2.05) is 17.0 Å². The molecule has 0 aliphatic carbocycles. The lowest BCUT2D eigenvalue weighted by Crippen LogP contribution is -2.60. The Morgan fingerprint density at radius 3 is 2.95 bits per heavy atom. The molecule has 2 heterocycles. The fourth-order valence-electron chi connectivity index (χ4n) is 3.50. The van der Waals surface area contributed by atoms with Crippen molar-refractivity contribution in [3.05, 3.63) is 28.2 Å². The lowest BCUT2D eigenvalue weighted by molar-refractivity contribution is 0.0151. The predicted molar refractivity (Wildman–Crippen MR) is 88.3 cm³/mol. The maximum absolute atomic E-state index is 12.9. The smallest absolute Gasteiger partial charge is 0.255 e. The summed E-state index contributed by atoms with van der Waals surface area (Å²) in [5.41, 5.74) is 7.14. The zero-order chi connectivity index (χ0) is 15.0. The number of nitrogens with zero attached hydrogens (tertiary/aromatic N) is 2. The number of hydrogen-bond donors (Lipinski definition) is 1. The maximum atomic E-state index is 12.9. The van der Waals surface area contributed by atoms with E-state index in [0.29, 0.717) is 17.3 Å². The van der Waals surface area contributed by atoms with Gasteiger partial charge in [-0.15, -0.1) is 0 Å². The van der Waals surface area contributed by atoms with Crippen molar-refractivity contribution in [2.45, 2.75) is 38.3 Å². The van der Waals surface area contributed by atoms with Gasteiger partial charge in [0.05, 0.1) is 5.56 Å². The minimum absolute atomic E-state index is 0.0897. The second kappa shape index (κ2) is 5.97. The van der Waals surface area contributed by atoms with Crippen molar-refractivity contribution >= 4 is 27.5 Å². The molecule has 2 aliphatic heterocycles. The molecule has 5 heteroatoms. The van der Waals surface area contributed by atoms with E-state index in [1.165, 1.54) is 25.8 Å². The fraction of sp³-hybridized carbons (Fsp3) is 0.562. The largest absolute Gasteiger partial charge is 0.399 e. The molecular formula is C16H22BrN3O. The average Bonchev–Trinajstić information content (AvgIpc) is 2.48. The fourth-order valence-corrected chi connectivity index (χ4v) is 3.91. The van der Waals surface area contributed by atoms with E-state index in [9.17, 15) is 4.79 Å². The van der Waals surface area contributed by atoms with Gasteiger partial charge in [0.2, 0.25) is 0 Å². The van der Waals surface area contributed by atoms with E-state index in [4.69, 9.17) is 5.73 Å². The third-order valence-electron chi connectivity index (χ3n) is 4.67. The summed E-state index contributed by atoms with van der Waals surface area (Å²) in [6.45, 7) is 5.14. The van der Waals surface area contributed by atoms with Crippen LogP contribution in [0, 0.1) is 0 Å². The summed E-state index contributed by atoms with van der Waals surface area (Å²) in [5.74, 6) is 0.0897. The summed E-state index contributed by atoms with van der Waals surface area (Å²) in [5, 5.41) is 0. The monoisotopic (exact) mass is 351 g/mol. The molecule has 0 saturated carbocycles. The molecule has 2 aliphatic rings. The number of piperidine rings is 1. The molecule has 21 heavy (non-hydrogen) atoms. The number of halogens is 1. The molecule has 2 atom stereocenters. The highest BCUT2D eigenvalue weighted by Crippen LogP contribution is 2.27. The van der Waals surface area contributed by atoms with Crippen molar-refractivity contribution in [3.8, 4) is 0 Å². The molecule has 2 saturated heterocycles. The van der Waals surface area contributed by atoms with Crippen molar-refractivity contribution in [2.24, 2.45) is 0 Å². The van der Waals surface area contributed by atoms with E-state index in [0.717, 1.165) is 17.6 Å². The molecule has 114 valence electrons. The number of rotatable bonds is 1. The van der Waals surface area contributed by atoms with Crippen LogP contribution in [0.15, 0.2) is 22.7 Å². The topological polar surface area (TPSA) is 49.6 Å². The summed E-state index contributed by atoms with van der Waals surface area (Å²) < 4.78 is 0.819. The number of amides is 1. The number of benzene rings is 1. The van der Waals surface area contributed by atoms with Gasteiger partial charge in [-0.05, 0) is 60.4 Å². The van der Waals surface area contributed by atoms with Gasteiger partial charge in [0.25, 0.3) is 5.91 Å². The number of hydrogen-bond acceptors (Lipinski definition) is 3. The van der Waals surface area contributed by atoms with Crippen LogP contribution in [0.4, 0.5) is 5.69 Å². The molecule has 1 aromatic rings. The Morgan fingerprint density at radius 1 is 1.33 bits per heavy atom. The summed E-state index contributed by atoms with van der Waals surface area (Å²) in [6.07, 6.45) is 3.77. The minimum atomic E-state index is 0.0897. The Kier molecular flexibility index (Phi) is 4.22. The molecule has 0 bridgehead atoms. The van der Waals surface area contributed by atoms with Crippen LogP contribution in [0.5, 0.6) is 0 Å². The Morgan fingerprint density at radius 2 is 2.14 bits per heavy atom. The second-order valence-corrected chi connectivity index (χ2v) is 7.04. The first kappa shape index (κ1) is 14.9. The highest BCUT2D eigenvalue weighted by molar-refractivity contribution is 9.10. The summed E-state index contributed by atoms with van der Waals surface area (Å²) in [7, 11) is 0. The van der Waals surface area contributed by atoms with E-state index < -0.39 is 0 Å². The average molecular weight is 352 g/mol. The zero-order valence-corrected chi connectivity index (χ0v) is 14.0. The lowest BCUT2D eigenvalue weighted by Gasteiger charge is -2.47. The van der Waals surface area contributed by atoms with Crippen LogP contribution in [0.25, 0.3) is 0 Å². The molecule has 1 aromatic carbocycles. The van der Waals surface area contributed by atoms with E-state index in [2.05, 4.69) is 27.8 Å².